The zero-order chi connectivity index (χ0) is 12.0. The molecule has 0 unspecified atom stereocenters. The normalized spacial score (nSPS) is 18.9. The van der Waals surface area contributed by atoms with Crippen LogP contribution in [0.3, 0.4) is 0 Å². The molecule has 1 saturated carbocycles. The average Bonchev–Trinajstić information content (AvgIpc) is 3.13. The molecule has 1 aromatic rings. The third-order valence-corrected chi connectivity index (χ3v) is 3.33. The van der Waals surface area contributed by atoms with Crippen LogP contribution in [0.1, 0.15) is 18.4 Å². The fraction of sp³-hybridized carbons (Fsp3) is 0.385. The van der Waals surface area contributed by atoms with E-state index < -0.39 is 0 Å². The zero-order valence-corrected chi connectivity index (χ0v) is 9.68. The fourth-order valence-electron chi connectivity index (χ4n) is 2.33. The van der Waals surface area contributed by atoms with Crippen LogP contribution in [0.25, 0.3) is 0 Å². The van der Waals surface area contributed by atoms with Crippen molar-refractivity contribution in [2.45, 2.75) is 18.9 Å². The summed E-state index contributed by atoms with van der Waals surface area (Å²) < 4.78 is 0. The van der Waals surface area contributed by atoms with Gasteiger partial charge in [-0.1, -0.05) is 0 Å². The maximum absolute atomic E-state index is 12.0. The van der Waals surface area contributed by atoms with Crippen molar-refractivity contribution >= 4 is 17.3 Å². The van der Waals surface area contributed by atoms with Crippen molar-refractivity contribution < 1.29 is 4.79 Å². The van der Waals surface area contributed by atoms with Crippen LogP contribution < -0.4 is 9.80 Å². The largest absolute Gasteiger partial charge is 0.364 e. The summed E-state index contributed by atoms with van der Waals surface area (Å²) in [5.74, 6) is 0.159. The number of carbonyl (C=O) groups is 1. The molecule has 1 fully saturated rings. The molecule has 0 saturated heterocycles. The lowest BCUT2D eigenvalue weighted by atomic mass is 10.1. The Bertz CT molecular complexity index is 528. The van der Waals surface area contributed by atoms with E-state index in [2.05, 4.69) is 6.07 Å². The van der Waals surface area contributed by atoms with Gasteiger partial charge in [0.15, 0.2) is 0 Å². The van der Waals surface area contributed by atoms with E-state index in [1.807, 2.05) is 29.0 Å². The highest BCUT2D eigenvalue weighted by molar-refractivity contribution is 6.04. The monoisotopic (exact) mass is 227 g/mol. The van der Waals surface area contributed by atoms with Crippen molar-refractivity contribution in [3.05, 3.63) is 23.8 Å². The molecule has 1 aromatic carbocycles. The maximum atomic E-state index is 12.0. The van der Waals surface area contributed by atoms with Gasteiger partial charge in [0.1, 0.15) is 0 Å². The summed E-state index contributed by atoms with van der Waals surface area (Å²) in [5.41, 5.74) is 2.57. The number of hydrogen-bond acceptors (Lipinski definition) is 3. The fourth-order valence-corrected chi connectivity index (χ4v) is 2.33. The summed E-state index contributed by atoms with van der Waals surface area (Å²) in [6.07, 6.45) is 2.18. The summed E-state index contributed by atoms with van der Waals surface area (Å²) in [6.45, 7) is 0.401. The molecule has 17 heavy (non-hydrogen) atoms. The van der Waals surface area contributed by atoms with Gasteiger partial charge in [0.2, 0.25) is 5.91 Å². The average molecular weight is 227 g/mol. The predicted octanol–water partition coefficient (Wildman–Crippen LogP) is 1.50. The van der Waals surface area contributed by atoms with Crippen molar-refractivity contribution in [2.75, 3.05) is 23.4 Å². The Kier molecular flexibility index (Phi) is 2.08. The minimum Gasteiger partial charge on any atom is -0.364 e. The van der Waals surface area contributed by atoms with E-state index in [4.69, 9.17) is 5.26 Å². The van der Waals surface area contributed by atoms with E-state index in [-0.39, 0.29) is 5.91 Å². The zero-order valence-electron chi connectivity index (χ0n) is 9.68. The number of anilines is 2. The van der Waals surface area contributed by atoms with Gasteiger partial charge in [0, 0.05) is 13.1 Å². The topological polar surface area (TPSA) is 47.3 Å². The van der Waals surface area contributed by atoms with Crippen LogP contribution in [0.15, 0.2) is 18.2 Å². The first-order valence-electron chi connectivity index (χ1n) is 5.78. The minimum atomic E-state index is 0.159. The second kappa shape index (κ2) is 3.49. The second-order valence-electron chi connectivity index (χ2n) is 4.67. The summed E-state index contributed by atoms with van der Waals surface area (Å²) in [6, 6.07) is 8.04. The molecule has 1 heterocycles. The Morgan fingerprint density at radius 1 is 1.35 bits per heavy atom. The van der Waals surface area contributed by atoms with Gasteiger partial charge in [-0.2, -0.15) is 5.26 Å². The molecule has 4 heteroatoms. The lowest BCUT2D eigenvalue weighted by Crippen LogP contribution is -2.45. The summed E-state index contributed by atoms with van der Waals surface area (Å²) >= 11 is 0. The van der Waals surface area contributed by atoms with Crippen LogP contribution in [0, 0.1) is 11.3 Å². The number of amides is 1. The maximum Gasteiger partial charge on any atom is 0.246 e. The summed E-state index contributed by atoms with van der Waals surface area (Å²) in [4.78, 5) is 15.8. The van der Waals surface area contributed by atoms with Crippen LogP contribution in [0.5, 0.6) is 0 Å². The SMILES string of the molecule is CN1CC(=O)N(C2CC2)c2ccc(C#N)cc21. The van der Waals surface area contributed by atoms with E-state index in [0.717, 1.165) is 24.2 Å². The van der Waals surface area contributed by atoms with Gasteiger partial charge >= 0.3 is 0 Å². The summed E-state index contributed by atoms with van der Waals surface area (Å²) in [7, 11) is 1.89. The quantitative estimate of drug-likeness (QED) is 0.730. The molecule has 0 atom stereocenters. The van der Waals surface area contributed by atoms with Crippen molar-refractivity contribution in [3.8, 4) is 6.07 Å². The van der Waals surface area contributed by atoms with Crippen molar-refractivity contribution in [3.63, 3.8) is 0 Å². The molecular weight excluding hydrogens is 214 g/mol. The Hall–Kier alpha value is -2.02. The van der Waals surface area contributed by atoms with E-state index in [1.54, 1.807) is 6.07 Å². The molecule has 0 spiro atoms. The van der Waals surface area contributed by atoms with Gasteiger partial charge in [-0.3, -0.25) is 4.79 Å². The molecule has 0 aromatic heterocycles. The number of hydrogen-bond donors (Lipinski definition) is 0. The van der Waals surface area contributed by atoms with Crippen LogP contribution in [-0.4, -0.2) is 25.5 Å². The molecule has 86 valence electrons. The van der Waals surface area contributed by atoms with E-state index in [9.17, 15) is 4.79 Å². The summed E-state index contributed by atoms with van der Waals surface area (Å²) in [5, 5.41) is 8.92. The smallest absolute Gasteiger partial charge is 0.246 e. The Labute approximate surface area is 100 Å². The van der Waals surface area contributed by atoms with Crippen LogP contribution in [0.4, 0.5) is 11.4 Å². The van der Waals surface area contributed by atoms with Crippen molar-refractivity contribution in [2.24, 2.45) is 0 Å². The van der Waals surface area contributed by atoms with Gasteiger partial charge in [0.25, 0.3) is 0 Å². The first-order chi connectivity index (χ1) is 8.20. The first kappa shape index (κ1) is 10.2. The number of nitriles is 1. The predicted molar refractivity (Wildman–Crippen MR) is 64.9 cm³/mol. The van der Waals surface area contributed by atoms with Gasteiger partial charge in [-0.15, -0.1) is 0 Å². The van der Waals surface area contributed by atoms with Crippen molar-refractivity contribution in [1.82, 2.24) is 0 Å². The Morgan fingerprint density at radius 3 is 2.76 bits per heavy atom. The number of fused-ring (bicyclic) bond motifs is 1. The molecule has 0 radical (unpaired) electrons. The molecule has 0 bridgehead atoms. The number of carbonyl (C=O) groups excluding carboxylic acids is 1. The van der Waals surface area contributed by atoms with Gasteiger partial charge in [-0.25, -0.2) is 0 Å². The molecular formula is C13H13N3O. The molecule has 2 aliphatic rings. The molecule has 3 rings (SSSR count). The first-order valence-corrected chi connectivity index (χ1v) is 5.78. The molecule has 0 N–H and O–H groups in total. The second-order valence-corrected chi connectivity index (χ2v) is 4.67. The number of benzene rings is 1. The standard InChI is InChI=1S/C13H13N3O/c1-15-8-13(17)16(10-3-4-10)11-5-2-9(7-14)6-12(11)15/h2,5-6,10H,3-4,8H2,1H3. The van der Waals surface area contributed by atoms with Gasteiger partial charge in [-0.05, 0) is 31.0 Å². The molecule has 4 nitrogen and oxygen atoms in total. The third-order valence-electron chi connectivity index (χ3n) is 3.33. The van der Waals surface area contributed by atoms with Crippen LogP contribution in [-0.2, 0) is 4.79 Å². The lowest BCUT2D eigenvalue weighted by molar-refractivity contribution is -0.117. The van der Waals surface area contributed by atoms with E-state index in [0.29, 0.717) is 18.2 Å². The van der Waals surface area contributed by atoms with Crippen LogP contribution in [0.2, 0.25) is 0 Å². The highest BCUT2D eigenvalue weighted by atomic mass is 16.2. The highest BCUT2D eigenvalue weighted by Gasteiger charge is 2.38. The molecule has 1 amide bonds. The van der Waals surface area contributed by atoms with Crippen molar-refractivity contribution in [1.29, 1.82) is 5.26 Å². The number of nitrogens with zero attached hydrogens (tertiary/aromatic N) is 3. The Morgan fingerprint density at radius 2 is 2.12 bits per heavy atom. The Balaban J connectivity index is 2.11. The minimum absolute atomic E-state index is 0.159. The van der Waals surface area contributed by atoms with Crippen LogP contribution >= 0.6 is 0 Å². The molecule has 1 aliphatic heterocycles. The van der Waals surface area contributed by atoms with Gasteiger partial charge in [0.05, 0.1) is 29.6 Å². The number of rotatable bonds is 1. The van der Waals surface area contributed by atoms with E-state index in [1.165, 1.54) is 0 Å². The number of likely N-dealkylation sites (N-methyl/N-ethyl adjacent to an activating group) is 1. The molecule has 1 aliphatic carbocycles. The lowest BCUT2D eigenvalue weighted by Gasteiger charge is -2.35. The van der Waals surface area contributed by atoms with E-state index >= 15 is 0 Å². The third kappa shape index (κ3) is 1.55. The van der Waals surface area contributed by atoms with Gasteiger partial charge < -0.3 is 9.80 Å². The highest BCUT2D eigenvalue weighted by Crippen LogP contribution is 2.40.